The molecule has 1 spiro atoms. The first kappa shape index (κ1) is 31.8. The van der Waals surface area contributed by atoms with Crippen LogP contribution in [-0.4, -0.2) is 82.6 Å². The summed E-state index contributed by atoms with van der Waals surface area (Å²) in [5.41, 5.74) is 6.64. The topological polar surface area (TPSA) is 71.1 Å². The molecule has 4 aliphatic heterocycles. The molecule has 242 valence electrons. The summed E-state index contributed by atoms with van der Waals surface area (Å²) in [4.78, 5) is 4.77. The molecule has 2 unspecified atom stereocenters. The molecule has 9 nitrogen and oxygen atoms in total. The zero-order valence-electron chi connectivity index (χ0n) is 27.5. The van der Waals surface area contributed by atoms with Gasteiger partial charge in [0.1, 0.15) is 0 Å². The normalized spacial score (nSPS) is 27.0. The number of rotatable bonds is 0. The van der Waals surface area contributed by atoms with E-state index in [0.29, 0.717) is 65.9 Å². The molecule has 0 radical (unpaired) electrons. The number of nitrogens with zero attached hydrogens (tertiary/aromatic N) is 2. The Morgan fingerprint density at radius 1 is 0.523 bits per heavy atom. The molecule has 0 amide bonds. The van der Waals surface area contributed by atoms with E-state index >= 15 is 0 Å². The monoisotopic (exact) mass is 609 g/mol. The van der Waals surface area contributed by atoms with Crippen LogP contribution in [-0.2, 0) is 60.7 Å². The fourth-order valence-corrected chi connectivity index (χ4v) is 6.23. The standard InChI is InChI=1S/C34H50BN2O7/c1-33(2,3)29-17-25-21-36-7-11-38-12-8-37(10-14-40-16-15-39-13-9-36)22-26-18-30(34(4,5)6)20-28-24-42-35(44-32(26)28)41-23-27(19-29)31(25)43-35/h17-20H,7-16,21-24H2,1-6H3/q-1. The van der Waals surface area contributed by atoms with E-state index in [-0.39, 0.29) is 10.8 Å². The predicted molar refractivity (Wildman–Crippen MR) is 170 cm³/mol. The molecular formula is C34H50BN2O7-. The smallest absolute Gasteiger partial charge is 0.634 e. The lowest BCUT2D eigenvalue weighted by molar-refractivity contribution is 0.00326. The van der Waals surface area contributed by atoms with Gasteiger partial charge in [-0.1, -0.05) is 53.7 Å². The van der Waals surface area contributed by atoms with Gasteiger partial charge in [0.05, 0.1) is 51.1 Å². The van der Waals surface area contributed by atoms with Crippen LogP contribution < -0.4 is 9.31 Å². The number of benzene rings is 2. The molecule has 4 aliphatic rings. The minimum absolute atomic E-state index is 0.0350. The SMILES string of the molecule is CC(C)(C)c1cc2c3c(c1)CN1CCOCCOCCN(CCOCC1)Cc1cc(C(C)(C)C)cc4c1O[B-](OC2)(OC4)O3. The summed E-state index contributed by atoms with van der Waals surface area (Å²) in [5.74, 6) is 1.60. The van der Waals surface area contributed by atoms with E-state index in [4.69, 9.17) is 32.8 Å². The third-order valence-corrected chi connectivity index (χ3v) is 9.00. The molecule has 0 aliphatic carbocycles. The van der Waals surface area contributed by atoms with E-state index < -0.39 is 6.96 Å². The maximum atomic E-state index is 6.75. The molecular weight excluding hydrogens is 559 g/mol. The number of fused-ring (bicyclic) bond motifs is 6. The Balaban J connectivity index is 1.46. The van der Waals surface area contributed by atoms with Gasteiger partial charge in [0, 0.05) is 74.7 Å². The van der Waals surface area contributed by atoms with Crippen LogP contribution in [0.1, 0.15) is 74.9 Å². The van der Waals surface area contributed by atoms with E-state index in [1.54, 1.807) is 0 Å². The van der Waals surface area contributed by atoms with Crippen molar-refractivity contribution in [2.45, 2.75) is 78.7 Å². The van der Waals surface area contributed by atoms with Crippen molar-refractivity contribution in [2.75, 3.05) is 65.8 Å². The number of hydrogen-bond acceptors (Lipinski definition) is 9. The van der Waals surface area contributed by atoms with Crippen LogP contribution >= 0.6 is 0 Å². The minimum atomic E-state index is -2.50. The molecule has 1 saturated heterocycles. The summed E-state index contributed by atoms with van der Waals surface area (Å²) in [6.07, 6.45) is 0. The van der Waals surface area contributed by atoms with Gasteiger partial charge in [-0.05, 0) is 34.1 Å². The first-order valence-corrected chi connectivity index (χ1v) is 16.3. The van der Waals surface area contributed by atoms with Gasteiger partial charge in [-0.2, -0.15) is 0 Å². The van der Waals surface area contributed by atoms with Crippen molar-refractivity contribution in [3.05, 3.63) is 57.6 Å². The van der Waals surface area contributed by atoms with Crippen molar-refractivity contribution in [3.8, 4) is 11.5 Å². The van der Waals surface area contributed by atoms with Crippen LogP contribution in [0.5, 0.6) is 11.5 Å². The lowest BCUT2D eigenvalue weighted by Crippen LogP contribution is -2.58. The molecule has 2 atom stereocenters. The summed E-state index contributed by atoms with van der Waals surface area (Å²) in [5, 5.41) is 0. The summed E-state index contributed by atoms with van der Waals surface area (Å²) in [7, 11) is 0. The predicted octanol–water partition coefficient (Wildman–Crippen LogP) is 4.92. The van der Waals surface area contributed by atoms with E-state index in [2.05, 4.69) is 75.6 Å². The Kier molecular flexibility index (Phi) is 9.33. The molecule has 4 heterocycles. The molecule has 6 rings (SSSR count). The van der Waals surface area contributed by atoms with Gasteiger partial charge in [-0.25, -0.2) is 0 Å². The van der Waals surface area contributed by atoms with Crippen LogP contribution in [0.4, 0.5) is 0 Å². The highest BCUT2D eigenvalue weighted by atomic mass is 16.9. The third kappa shape index (κ3) is 7.28. The number of hydrogen-bond donors (Lipinski definition) is 0. The molecule has 0 aromatic heterocycles. The van der Waals surface area contributed by atoms with Gasteiger partial charge >= 0.3 is 6.96 Å². The molecule has 0 saturated carbocycles. The highest BCUT2D eigenvalue weighted by molar-refractivity contribution is 6.55. The maximum Gasteiger partial charge on any atom is 0.652 e. The van der Waals surface area contributed by atoms with Gasteiger partial charge in [-0.3, -0.25) is 9.80 Å². The zero-order valence-corrected chi connectivity index (χ0v) is 27.5. The summed E-state index contributed by atoms with van der Waals surface area (Å²) in [6, 6.07) is 8.97. The largest absolute Gasteiger partial charge is 0.652 e. The molecule has 0 N–H and O–H groups in total. The minimum Gasteiger partial charge on any atom is -0.634 e. The van der Waals surface area contributed by atoms with Gasteiger partial charge in [-0.15, -0.1) is 0 Å². The van der Waals surface area contributed by atoms with Crippen molar-refractivity contribution in [2.24, 2.45) is 0 Å². The molecule has 2 aromatic carbocycles. The average Bonchev–Trinajstić information content (AvgIpc) is 2.97. The molecule has 2 aromatic rings. The van der Waals surface area contributed by atoms with Crippen LogP contribution in [0.3, 0.4) is 0 Å². The van der Waals surface area contributed by atoms with Crippen molar-refractivity contribution in [1.29, 1.82) is 0 Å². The molecule has 44 heavy (non-hydrogen) atoms. The van der Waals surface area contributed by atoms with Gasteiger partial charge in [0.25, 0.3) is 0 Å². The fourth-order valence-electron chi connectivity index (χ4n) is 6.23. The second-order valence-corrected chi connectivity index (χ2v) is 14.6. The van der Waals surface area contributed by atoms with E-state index in [1.807, 2.05) is 0 Å². The second-order valence-electron chi connectivity index (χ2n) is 14.6. The van der Waals surface area contributed by atoms with Crippen molar-refractivity contribution in [3.63, 3.8) is 0 Å². The average molecular weight is 610 g/mol. The van der Waals surface area contributed by atoms with Crippen LogP contribution in [0.2, 0.25) is 0 Å². The third-order valence-electron chi connectivity index (χ3n) is 9.00. The van der Waals surface area contributed by atoms with Gasteiger partial charge in [0.15, 0.2) is 0 Å². The lowest BCUT2D eigenvalue weighted by Gasteiger charge is -2.49. The zero-order chi connectivity index (χ0) is 31.0. The lowest BCUT2D eigenvalue weighted by atomic mass is 9.83. The van der Waals surface area contributed by atoms with Crippen molar-refractivity contribution < 1.29 is 32.8 Å². The first-order chi connectivity index (χ1) is 21.0. The number of ether oxygens (including phenoxy) is 3. The van der Waals surface area contributed by atoms with Crippen molar-refractivity contribution >= 4 is 6.96 Å². The summed E-state index contributed by atoms with van der Waals surface area (Å²) >= 11 is 0. The van der Waals surface area contributed by atoms with Gasteiger partial charge in [0.2, 0.25) is 0 Å². The van der Waals surface area contributed by atoms with Crippen LogP contribution in [0, 0.1) is 0 Å². The van der Waals surface area contributed by atoms with E-state index in [1.165, 1.54) is 11.1 Å². The highest BCUT2D eigenvalue weighted by Crippen LogP contribution is 2.43. The van der Waals surface area contributed by atoms with Crippen molar-refractivity contribution in [1.82, 2.24) is 9.80 Å². The Morgan fingerprint density at radius 3 is 1.27 bits per heavy atom. The summed E-state index contributed by atoms with van der Waals surface area (Å²) in [6.45, 7) is 19.8. The maximum absolute atomic E-state index is 6.75. The summed E-state index contributed by atoms with van der Waals surface area (Å²) < 4.78 is 44.5. The first-order valence-electron chi connectivity index (χ1n) is 16.3. The fraction of sp³-hybridized carbons (Fsp3) is 0.647. The Morgan fingerprint density at radius 2 is 0.886 bits per heavy atom. The molecule has 10 heteroatoms. The highest BCUT2D eigenvalue weighted by Gasteiger charge is 2.45. The Labute approximate surface area is 263 Å². The second kappa shape index (κ2) is 12.9. The van der Waals surface area contributed by atoms with Crippen LogP contribution in [0.15, 0.2) is 24.3 Å². The van der Waals surface area contributed by atoms with E-state index in [9.17, 15) is 0 Å². The Hall–Kier alpha value is -2.18. The van der Waals surface area contributed by atoms with E-state index in [0.717, 1.165) is 59.9 Å². The van der Waals surface area contributed by atoms with Gasteiger partial charge < -0.3 is 32.8 Å². The quantitative estimate of drug-likeness (QED) is 0.306. The van der Waals surface area contributed by atoms with Crippen LogP contribution in [0.25, 0.3) is 0 Å². The Bertz CT molecular complexity index is 1220. The molecule has 1 fully saturated rings. The molecule has 5 bridgehead atoms.